The molecule has 1 aliphatic rings. The number of rotatable bonds is 4. The van der Waals surface area contributed by atoms with E-state index in [0.29, 0.717) is 18.9 Å². The zero-order valence-electron chi connectivity index (χ0n) is 11.7. The minimum absolute atomic E-state index is 0.0175. The summed E-state index contributed by atoms with van der Waals surface area (Å²) in [4.78, 5) is 12.1. The lowest BCUT2D eigenvalue weighted by Gasteiger charge is -2.15. The Morgan fingerprint density at radius 1 is 1.39 bits per heavy atom. The Labute approximate surface area is 109 Å². The van der Waals surface area contributed by atoms with Gasteiger partial charge >= 0.3 is 0 Å². The number of Topliss-reactive ketones (excluding diaryl/α,β-unsaturated/α-hetero) is 1. The molecule has 1 aromatic rings. The lowest BCUT2D eigenvalue weighted by molar-refractivity contribution is 0.0975. The molecule has 1 aromatic carbocycles. The van der Waals surface area contributed by atoms with Crippen LogP contribution in [0, 0.1) is 5.92 Å². The van der Waals surface area contributed by atoms with Crippen LogP contribution in [0.2, 0.25) is 0 Å². The number of hydrogen-bond acceptors (Lipinski definition) is 2. The molecule has 0 fully saturated rings. The fraction of sp³-hybridized carbons (Fsp3) is 0.562. The van der Waals surface area contributed by atoms with E-state index in [2.05, 4.69) is 27.7 Å². The number of ether oxygens (including phenoxy) is 1. The zero-order valence-corrected chi connectivity index (χ0v) is 11.7. The molecule has 0 aliphatic carbocycles. The van der Waals surface area contributed by atoms with Crippen LogP contribution in [0.3, 0.4) is 0 Å². The van der Waals surface area contributed by atoms with Gasteiger partial charge in [0.05, 0.1) is 6.61 Å². The van der Waals surface area contributed by atoms with Crippen molar-refractivity contribution in [3.05, 3.63) is 29.3 Å². The Morgan fingerprint density at radius 3 is 2.78 bits per heavy atom. The Hall–Kier alpha value is -1.31. The van der Waals surface area contributed by atoms with Crippen LogP contribution in [0.5, 0.6) is 5.75 Å². The van der Waals surface area contributed by atoms with E-state index in [9.17, 15) is 4.79 Å². The summed E-state index contributed by atoms with van der Waals surface area (Å²) in [6, 6.07) is 5.85. The zero-order chi connectivity index (χ0) is 13.3. The monoisotopic (exact) mass is 246 g/mol. The van der Waals surface area contributed by atoms with Crippen molar-refractivity contribution in [2.24, 2.45) is 5.92 Å². The summed E-state index contributed by atoms with van der Waals surface area (Å²) in [7, 11) is 0. The summed E-state index contributed by atoms with van der Waals surface area (Å²) < 4.78 is 5.64. The van der Waals surface area contributed by atoms with Gasteiger partial charge in [-0.3, -0.25) is 4.79 Å². The van der Waals surface area contributed by atoms with Crippen molar-refractivity contribution < 1.29 is 9.53 Å². The van der Waals surface area contributed by atoms with Gasteiger partial charge in [-0.1, -0.05) is 27.7 Å². The average Bonchev–Trinajstić information content (AvgIpc) is 2.62. The van der Waals surface area contributed by atoms with Gasteiger partial charge in [-0.2, -0.15) is 0 Å². The number of benzene rings is 1. The molecule has 2 heteroatoms. The summed E-state index contributed by atoms with van der Waals surface area (Å²) >= 11 is 0. The Bertz CT molecular complexity index is 458. The smallest absolute Gasteiger partial charge is 0.162 e. The maximum atomic E-state index is 12.1. The first-order valence-corrected chi connectivity index (χ1v) is 6.71. The van der Waals surface area contributed by atoms with Crippen molar-refractivity contribution in [1.82, 2.24) is 0 Å². The van der Waals surface area contributed by atoms with Crippen LogP contribution in [-0.4, -0.2) is 12.4 Å². The number of fused-ring (bicyclic) bond motifs is 1. The highest BCUT2D eigenvalue weighted by atomic mass is 16.5. The highest BCUT2D eigenvalue weighted by Crippen LogP contribution is 2.38. The molecule has 1 heterocycles. The van der Waals surface area contributed by atoms with E-state index < -0.39 is 0 Å². The van der Waals surface area contributed by atoms with Crippen molar-refractivity contribution in [3.8, 4) is 5.75 Å². The van der Waals surface area contributed by atoms with Crippen molar-refractivity contribution in [1.29, 1.82) is 0 Å². The maximum absolute atomic E-state index is 12.1. The molecule has 2 nitrogen and oxygen atoms in total. The first-order chi connectivity index (χ1) is 8.40. The molecule has 0 radical (unpaired) electrons. The summed E-state index contributed by atoms with van der Waals surface area (Å²) in [6.45, 7) is 9.30. The van der Waals surface area contributed by atoms with E-state index in [1.54, 1.807) is 0 Å². The SMILES string of the molecule is CC(C)CCC(=O)c1ccc2c(c1)C(C)(C)CO2. The summed E-state index contributed by atoms with van der Waals surface area (Å²) in [5.74, 6) is 1.75. The summed E-state index contributed by atoms with van der Waals surface area (Å²) in [6.07, 6.45) is 1.59. The predicted octanol–water partition coefficient (Wildman–Crippen LogP) is 3.98. The van der Waals surface area contributed by atoms with Crippen LogP contribution in [0.15, 0.2) is 18.2 Å². The van der Waals surface area contributed by atoms with E-state index in [-0.39, 0.29) is 11.2 Å². The second-order valence-corrected chi connectivity index (χ2v) is 6.24. The summed E-state index contributed by atoms with van der Waals surface area (Å²) in [5.41, 5.74) is 2.01. The molecule has 2 rings (SSSR count). The van der Waals surface area contributed by atoms with Crippen LogP contribution in [-0.2, 0) is 5.41 Å². The minimum Gasteiger partial charge on any atom is -0.492 e. The van der Waals surface area contributed by atoms with Crippen LogP contribution >= 0.6 is 0 Å². The third kappa shape index (κ3) is 2.58. The highest BCUT2D eigenvalue weighted by Gasteiger charge is 2.32. The van der Waals surface area contributed by atoms with Gasteiger partial charge < -0.3 is 4.74 Å². The van der Waals surface area contributed by atoms with Gasteiger partial charge in [-0.05, 0) is 30.5 Å². The van der Waals surface area contributed by atoms with Gasteiger partial charge in [-0.25, -0.2) is 0 Å². The molecular formula is C16H22O2. The molecule has 0 N–H and O–H groups in total. The molecule has 1 aliphatic heterocycles. The highest BCUT2D eigenvalue weighted by molar-refractivity contribution is 5.96. The number of carbonyl (C=O) groups excluding carboxylic acids is 1. The Morgan fingerprint density at radius 2 is 2.11 bits per heavy atom. The van der Waals surface area contributed by atoms with Crippen molar-refractivity contribution in [2.45, 2.75) is 46.0 Å². The third-order valence-corrected chi connectivity index (χ3v) is 3.57. The second-order valence-electron chi connectivity index (χ2n) is 6.24. The quantitative estimate of drug-likeness (QED) is 0.751. The number of ketones is 1. The standard InChI is InChI=1S/C16H22O2/c1-11(2)5-7-14(17)12-6-8-15-13(9-12)16(3,4)10-18-15/h6,8-9,11H,5,7,10H2,1-4H3. The van der Waals surface area contributed by atoms with Crippen LogP contribution in [0.4, 0.5) is 0 Å². The fourth-order valence-corrected chi connectivity index (χ4v) is 2.26. The molecule has 98 valence electrons. The molecule has 0 atom stereocenters. The lowest BCUT2D eigenvalue weighted by atomic mass is 9.85. The van der Waals surface area contributed by atoms with Crippen LogP contribution < -0.4 is 4.74 Å². The van der Waals surface area contributed by atoms with Crippen LogP contribution in [0.1, 0.15) is 56.5 Å². The first-order valence-electron chi connectivity index (χ1n) is 6.71. The fourth-order valence-electron chi connectivity index (χ4n) is 2.26. The molecule has 0 saturated carbocycles. The predicted molar refractivity (Wildman–Crippen MR) is 73.4 cm³/mol. The molecule has 0 bridgehead atoms. The molecule has 0 amide bonds. The van der Waals surface area contributed by atoms with E-state index in [0.717, 1.165) is 23.3 Å². The Kier molecular flexibility index (Phi) is 3.47. The topological polar surface area (TPSA) is 26.3 Å². The maximum Gasteiger partial charge on any atom is 0.162 e. The van der Waals surface area contributed by atoms with Crippen molar-refractivity contribution in [2.75, 3.05) is 6.61 Å². The van der Waals surface area contributed by atoms with Gasteiger partial charge in [0.2, 0.25) is 0 Å². The lowest BCUT2D eigenvalue weighted by Crippen LogP contribution is -2.18. The number of hydrogen-bond donors (Lipinski definition) is 0. The van der Waals surface area contributed by atoms with E-state index in [4.69, 9.17) is 4.74 Å². The number of carbonyl (C=O) groups is 1. The molecule has 18 heavy (non-hydrogen) atoms. The largest absolute Gasteiger partial charge is 0.492 e. The normalized spacial score (nSPS) is 16.5. The van der Waals surface area contributed by atoms with Crippen LogP contribution in [0.25, 0.3) is 0 Å². The van der Waals surface area contributed by atoms with Gasteiger partial charge in [-0.15, -0.1) is 0 Å². The van der Waals surface area contributed by atoms with Gasteiger partial charge in [0.1, 0.15) is 5.75 Å². The molecular weight excluding hydrogens is 224 g/mol. The van der Waals surface area contributed by atoms with E-state index >= 15 is 0 Å². The Balaban J connectivity index is 2.19. The van der Waals surface area contributed by atoms with Crippen molar-refractivity contribution >= 4 is 5.78 Å². The molecule has 0 saturated heterocycles. The summed E-state index contributed by atoms with van der Waals surface area (Å²) in [5, 5.41) is 0. The average molecular weight is 246 g/mol. The van der Waals surface area contributed by atoms with Gasteiger partial charge in [0.15, 0.2) is 5.78 Å². The van der Waals surface area contributed by atoms with E-state index in [1.165, 1.54) is 0 Å². The molecule has 0 spiro atoms. The molecule has 0 unspecified atom stereocenters. The van der Waals surface area contributed by atoms with E-state index in [1.807, 2.05) is 18.2 Å². The first kappa shape index (κ1) is 13.1. The van der Waals surface area contributed by atoms with Crippen molar-refractivity contribution in [3.63, 3.8) is 0 Å². The third-order valence-electron chi connectivity index (χ3n) is 3.57. The minimum atomic E-state index is 0.0175. The van der Waals surface area contributed by atoms with Gasteiger partial charge in [0, 0.05) is 23.0 Å². The van der Waals surface area contributed by atoms with Gasteiger partial charge in [0.25, 0.3) is 0 Å². The molecule has 0 aromatic heterocycles. The second kappa shape index (κ2) is 4.75.